The minimum absolute atomic E-state index is 0. The number of aliphatic hydroxyl groups excluding tert-OH is 1. The molecule has 5 heteroatoms. The van der Waals surface area contributed by atoms with Crippen LogP contribution in [0.5, 0.6) is 0 Å². The van der Waals surface area contributed by atoms with E-state index in [4.69, 9.17) is 4.98 Å². The van der Waals surface area contributed by atoms with Gasteiger partial charge in [0.25, 0.3) is 0 Å². The summed E-state index contributed by atoms with van der Waals surface area (Å²) in [6, 6.07) is 17.5. The quantitative estimate of drug-likeness (QED) is 0.0911. The number of ketones is 1. The maximum atomic E-state index is 12.2. The third kappa shape index (κ3) is 9.30. The number of rotatable bonds is 9. The van der Waals surface area contributed by atoms with Crippen molar-refractivity contribution >= 4 is 39.1 Å². The fraction of sp³-hybridized carbons (Fsp3) is 0.511. The van der Waals surface area contributed by atoms with Crippen LogP contribution in [0, 0.1) is 34.7 Å². The Bertz CT molecular complexity index is 1870. The Morgan fingerprint density at radius 3 is 2.00 bits per heavy atom. The number of carbonyl (C=O) groups is 1. The number of aromatic nitrogens is 1. The van der Waals surface area contributed by atoms with E-state index in [1.54, 1.807) is 0 Å². The van der Waals surface area contributed by atoms with Crippen LogP contribution in [-0.2, 0) is 37.7 Å². The van der Waals surface area contributed by atoms with E-state index in [1.807, 2.05) is 59.5 Å². The second-order valence-corrected chi connectivity index (χ2v) is 18.3. The van der Waals surface area contributed by atoms with Crippen LogP contribution in [0.1, 0.15) is 125 Å². The standard InChI is InChI=1S/C30H32NS.C15H28O2.Ir/c1-18-8-9-22-21(12-18)15-23-27-26-20(10-11-31-27)13-19(16-29(2,3)4)14-25(26)32-28(23)24(22)17-30(5,6)7;1-7-14(5,8-2)12(16)11-13(17)15(6,9-3)10-4;/h8-14H,16-17H2,1-7H3;11,16H,7-10H2,1-6H3;/q-1;;/b;12-11-;. The molecule has 50 heavy (non-hydrogen) atoms. The summed E-state index contributed by atoms with van der Waals surface area (Å²) in [5.74, 6) is 0.286. The number of fused-ring (bicyclic) bond motifs is 3. The van der Waals surface area contributed by atoms with E-state index in [9.17, 15) is 9.90 Å². The number of aryl methyl sites for hydroxylation is 1. The Morgan fingerprint density at radius 2 is 1.44 bits per heavy atom. The van der Waals surface area contributed by atoms with Gasteiger partial charge >= 0.3 is 0 Å². The van der Waals surface area contributed by atoms with Crippen LogP contribution in [0.15, 0.2) is 64.2 Å². The zero-order chi connectivity index (χ0) is 36.5. The number of benzene rings is 3. The Balaban J connectivity index is 0.000000323. The van der Waals surface area contributed by atoms with Crippen LogP contribution in [0.2, 0.25) is 0 Å². The van der Waals surface area contributed by atoms with E-state index in [2.05, 4.69) is 90.9 Å². The first-order valence-corrected chi connectivity index (χ1v) is 19.1. The zero-order valence-corrected chi connectivity index (χ0v) is 36.1. The van der Waals surface area contributed by atoms with Gasteiger partial charge in [0.1, 0.15) is 5.76 Å². The molecule has 0 atom stereocenters. The number of allylic oxidation sites excluding steroid dienone is 2. The SMILES string of the molecule is CCC(C)(CC)C(=O)/C=C(\O)C(C)(CC)CC.Cc1ccc2c(CC(C)(C)C)c3c([c-]c2c1)-c1nccc2cc(CC(C)(C)C)cc(c12)S3.[Ir]. The summed E-state index contributed by atoms with van der Waals surface area (Å²) < 4.78 is 0. The van der Waals surface area contributed by atoms with Crippen molar-refractivity contribution in [3.8, 4) is 11.3 Å². The summed E-state index contributed by atoms with van der Waals surface area (Å²) in [5.41, 5.74) is 6.24. The molecule has 0 aliphatic carbocycles. The monoisotopic (exact) mass is 871 g/mol. The van der Waals surface area contributed by atoms with Crippen molar-refractivity contribution in [3.05, 3.63) is 77.2 Å². The molecule has 3 nitrogen and oxygen atoms in total. The summed E-state index contributed by atoms with van der Waals surface area (Å²) in [6.45, 7) is 28.2. The van der Waals surface area contributed by atoms with E-state index in [0.717, 1.165) is 44.2 Å². The van der Waals surface area contributed by atoms with Crippen LogP contribution in [0.3, 0.4) is 0 Å². The molecule has 0 saturated heterocycles. The number of hydrogen-bond donors (Lipinski definition) is 1. The fourth-order valence-electron chi connectivity index (χ4n) is 6.59. The smallest absolute Gasteiger partial charge is 0.164 e. The number of nitrogens with zero attached hydrogens (tertiary/aromatic N) is 1. The van der Waals surface area contributed by atoms with Crippen molar-refractivity contribution < 1.29 is 30.0 Å². The zero-order valence-electron chi connectivity index (χ0n) is 32.9. The van der Waals surface area contributed by atoms with Gasteiger partial charge in [0.2, 0.25) is 0 Å². The van der Waals surface area contributed by atoms with Gasteiger partial charge in [-0.15, -0.1) is 29.3 Å². The average Bonchev–Trinajstić information content (AvgIpc) is 3.03. The molecule has 0 saturated carbocycles. The molecule has 2 heterocycles. The number of carbonyl (C=O) groups excluding carboxylic acids is 1. The van der Waals surface area contributed by atoms with Gasteiger partial charge in [0.05, 0.1) is 0 Å². The molecule has 3 aromatic carbocycles. The summed E-state index contributed by atoms with van der Waals surface area (Å²) in [5, 5.41) is 15.2. The molecule has 1 aliphatic rings. The first-order chi connectivity index (χ1) is 22.8. The molecular formula is C45H60IrNO2S-. The van der Waals surface area contributed by atoms with Gasteiger partial charge < -0.3 is 5.11 Å². The van der Waals surface area contributed by atoms with E-state index >= 15 is 0 Å². The van der Waals surface area contributed by atoms with Gasteiger partial charge in [0, 0.05) is 53.8 Å². The third-order valence-corrected chi connectivity index (χ3v) is 11.8. The van der Waals surface area contributed by atoms with Gasteiger partial charge in [-0.25, -0.2) is 0 Å². The topological polar surface area (TPSA) is 50.2 Å². The average molecular weight is 871 g/mol. The molecule has 0 unspecified atom stereocenters. The Kier molecular flexibility index (Phi) is 13.5. The first-order valence-electron chi connectivity index (χ1n) is 18.3. The molecule has 0 spiro atoms. The number of pyridine rings is 1. The predicted octanol–water partition coefficient (Wildman–Crippen LogP) is 13.5. The number of hydrogen-bond acceptors (Lipinski definition) is 4. The van der Waals surface area contributed by atoms with Crippen LogP contribution in [0.25, 0.3) is 32.8 Å². The second-order valence-electron chi connectivity index (χ2n) is 17.2. The minimum Gasteiger partial charge on any atom is -0.512 e. The summed E-state index contributed by atoms with van der Waals surface area (Å²) in [6.07, 6.45) is 8.83. The Labute approximate surface area is 320 Å². The molecule has 0 amide bonds. The summed E-state index contributed by atoms with van der Waals surface area (Å²) in [4.78, 5) is 19.8. The first kappa shape index (κ1) is 42.0. The van der Waals surface area contributed by atoms with Crippen LogP contribution in [-0.4, -0.2) is 15.9 Å². The maximum absolute atomic E-state index is 12.2. The van der Waals surface area contributed by atoms with Crippen LogP contribution >= 0.6 is 11.8 Å². The van der Waals surface area contributed by atoms with Crippen molar-refractivity contribution in [2.45, 2.75) is 138 Å². The van der Waals surface area contributed by atoms with Crippen molar-refractivity contribution in [3.63, 3.8) is 0 Å². The maximum Gasteiger partial charge on any atom is 0.164 e. The molecule has 1 radical (unpaired) electrons. The minimum atomic E-state index is -0.337. The van der Waals surface area contributed by atoms with E-state index in [-0.39, 0.29) is 53.3 Å². The molecule has 0 fully saturated rings. The molecular weight excluding hydrogens is 811 g/mol. The van der Waals surface area contributed by atoms with Gasteiger partial charge in [-0.3, -0.25) is 9.78 Å². The molecule has 273 valence electrons. The summed E-state index contributed by atoms with van der Waals surface area (Å²) in [7, 11) is 0. The van der Waals surface area contributed by atoms with E-state index in [0.29, 0.717) is 0 Å². The Hall–Kier alpha value is -2.46. The fourth-order valence-corrected chi connectivity index (χ4v) is 7.89. The number of aliphatic hydroxyl groups is 1. The Morgan fingerprint density at radius 1 is 0.840 bits per heavy atom. The molecule has 1 aliphatic heterocycles. The second kappa shape index (κ2) is 16.1. The molecule has 1 aromatic heterocycles. The van der Waals surface area contributed by atoms with Gasteiger partial charge in [-0.05, 0) is 89.6 Å². The summed E-state index contributed by atoms with van der Waals surface area (Å²) >= 11 is 1.93. The molecule has 4 aromatic rings. The third-order valence-electron chi connectivity index (χ3n) is 10.6. The van der Waals surface area contributed by atoms with Crippen molar-refractivity contribution in [2.24, 2.45) is 21.7 Å². The van der Waals surface area contributed by atoms with Crippen molar-refractivity contribution in [1.82, 2.24) is 4.98 Å². The van der Waals surface area contributed by atoms with Crippen molar-refractivity contribution in [1.29, 1.82) is 0 Å². The normalized spacial score (nSPS) is 13.4. The van der Waals surface area contributed by atoms with Gasteiger partial charge in [-0.2, -0.15) is 0 Å². The predicted molar refractivity (Wildman–Crippen MR) is 212 cm³/mol. The van der Waals surface area contributed by atoms with Crippen LogP contribution < -0.4 is 0 Å². The molecule has 5 rings (SSSR count). The van der Waals surface area contributed by atoms with Crippen molar-refractivity contribution in [2.75, 3.05) is 0 Å². The van der Waals surface area contributed by atoms with E-state index in [1.165, 1.54) is 59.7 Å². The van der Waals surface area contributed by atoms with Gasteiger partial charge in [0.15, 0.2) is 5.78 Å². The molecule has 1 N–H and O–H groups in total. The van der Waals surface area contributed by atoms with Crippen LogP contribution in [0.4, 0.5) is 0 Å². The van der Waals surface area contributed by atoms with E-state index < -0.39 is 0 Å². The van der Waals surface area contributed by atoms with Gasteiger partial charge in [-0.1, -0.05) is 123 Å². The molecule has 0 bridgehead atoms. The largest absolute Gasteiger partial charge is 0.512 e.